The first-order valence-electron chi connectivity index (χ1n) is 9.46. The molecule has 6 nitrogen and oxygen atoms in total. The quantitative estimate of drug-likeness (QED) is 0.653. The van der Waals surface area contributed by atoms with Crippen LogP contribution in [0.15, 0.2) is 42.5 Å². The number of hydrogen-bond donors (Lipinski definition) is 1. The summed E-state index contributed by atoms with van der Waals surface area (Å²) in [6, 6.07) is 13.9. The average molecular weight is 380 g/mol. The van der Waals surface area contributed by atoms with Crippen molar-refractivity contribution in [1.82, 2.24) is 19.8 Å². The second-order valence-corrected chi connectivity index (χ2v) is 7.31. The lowest BCUT2D eigenvalue weighted by Gasteiger charge is -2.25. The molecule has 1 aromatic heterocycles. The first-order valence-corrected chi connectivity index (χ1v) is 9.46. The van der Waals surface area contributed by atoms with Crippen LogP contribution >= 0.6 is 0 Å². The van der Waals surface area contributed by atoms with Gasteiger partial charge in [0.1, 0.15) is 11.6 Å². The monoisotopic (exact) mass is 380 g/mol. The molecule has 0 fully saturated rings. The Hall–Kier alpha value is -2.86. The van der Waals surface area contributed by atoms with Gasteiger partial charge in [0.05, 0.1) is 24.6 Å². The van der Waals surface area contributed by atoms with E-state index in [9.17, 15) is 4.79 Å². The number of fused-ring (bicyclic) bond motifs is 1. The van der Waals surface area contributed by atoms with E-state index in [-0.39, 0.29) is 12.3 Å². The van der Waals surface area contributed by atoms with Gasteiger partial charge in [0.25, 0.3) is 0 Å². The van der Waals surface area contributed by atoms with Crippen molar-refractivity contribution in [3.05, 3.63) is 59.4 Å². The third-order valence-corrected chi connectivity index (χ3v) is 4.73. The number of para-hydroxylation sites is 1. The number of nitrogens with one attached hydrogen (secondary N) is 1. The van der Waals surface area contributed by atoms with Gasteiger partial charge in [0, 0.05) is 25.2 Å². The minimum absolute atomic E-state index is 0.0449. The molecule has 0 spiro atoms. The zero-order chi connectivity index (χ0) is 20.1. The van der Waals surface area contributed by atoms with Crippen LogP contribution in [-0.2, 0) is 17.8 Å². The number of imidazole rings is 1. The lowest BCUT2D eigenvalue weighted by Crippen LogP contribution is -2.37. The normalized spacial score (nSPS) is 11.2. The number of H-pyrrole nitrogens is 1. The maximum atomic E-state index is 13.1. The number of benzene rings is 2. The van der Waals surface area contributed by atoms with Crippen molar-refractivity contribution in [3.8, 4) is 5.75 Å². The number of aromatic nitrogens is 2. The van der Waals surface area contributed by atoms with Gasteiger partial charge >= 0.3 is 0 Å². The number of likely N-dealkylation sites (N-methyl/N-ethyl adjacent to an activating group) is 1. The standard InChI is InChI=1S/C22H28N4O2/c1-16-9-10-18-19(13-16)24-21(23-18)14-22(27)26(12-11-25(2)3)15-17-7-5-6-8-20(17)28-4/h5-10,13H,11-12,14-15H2,1-4H3,(H,23,24). The first kappa shape index (κ1) is 19.9. The molecule has 0 bridgehead atoms. The molecule has 0 aliphatic carbocycles. The largest absolute Gasteiger partial charge is 0.496 e. The minimum Gasteiger partial charge on any atom is -0.496 e. The molecule has 0 atom stereocenters. The number of amides is 1. The van der Waals surface area contributed by atoms with Crippen LogP contribution in [0.2, 0.25) is 0 Å². The van der Waals surface area contributed by atoms with E-state index in [1.165, 1.54) is 0 Å². The Balaban J connectivity index is 1.78. The Kier molecular flexibility index (Phi) is 6.31. The number of ether oxygens (including phenoxy) is 1. The number of rotatable bonds is 8. The highest BCUT2D eigenvalue weighted by Crippen LogP contribution is 2.20. The van der Waals surface area contributed by atoms with Gasteiger partial charge in [-0.15, -0.1) is 0 Å². The number of carbonyl (C=O) groups excluding carboxylic acids is 1. The SMILES string of the molecule is COc1ccccc1CN(CCN(C)C)C(=O)Cc1nc2ccc(C)cc2[nH]1. The van der Waals surface area contributed by atoms with Gasteiger partial charge in [-0.1, -0.05) is 24.3 Å². The van der Waals surface area contributed by atoms with E-state index in [0.717, 1.165) is 34.5 Å². The van der Waals surface area contributed by atoms with E-state index in [1.807, 2.05) is 62.3 Å². The Morgan fingerprint density at radius 3 is 2.68 bits per heavy atom. The van der Waals surface area contributed by atoms with Crippen molar-refractivity contribution < 1.29 is 9.53 Å². The maximum Gasteiger partial charge on any atom is 0.230 e. The summed E-state index contributed by atoms with van der Waals surface area (Å²) >= 11 is 0. The van der Waals surface area contributed by atoms with Crippen molar-refractivity contribution in [1.29, 1.82) is 0 Å². The molecule has 0 saturated heterocycles. The van der Waals surface area contributed by atoms with Crippen LogP contribution in [0.1, 0.15) is 17.0 Å². The zero-order valence-electron chi connectivity index (χ0n) is 17.0. The predicted molar refractivity (Wildman–Crippen MR) is 111 cm³/mol. The second-order valence-electron chi connectivity index (χ2n) is 7.31. The van der Waals surface area contributed by atoms with E-state index < -0.39 is 0 Å². The summed E-state index contributed by atoms with van der Waals surface area (Å²) in [5.74, 6) is 1.54. The molecule has 0 saturated carbocycles. The molecule has 1 N–H and O–H groups in total. The molecule has 0 aliphatic heterocycles. The van der Waals surface area contributed by atoms with Gasteiger partial charge in [0.2, 0.25) is 5.91 Å². The van der Waals surface area contributed by atoms with Crippen molar-refractivity contribution >= 4 is 16.9 Å². The van der Waals surface area contributed by atoms with Crippen LogP contribution in [0.25, 0.3) is 11.0 Å². The predicted octanol–water partition coefficient (Wildman–Crippen LogP) is 3.01. The molecular weight excluding hydrogens is 352 g/mol. The minimum atomic E-state index is 0.0449. The summed E-state index contributed by atoms with van der Waals surface area (Å²) in [6.45, 7) is 3.99. The van der Waals surface area contributed by atoms with Gasteiger partial charge in [-0.2, -0.15) is 0 Å². The number of nitrogens with zero attached hydrogens (tertiary/aromatic N) is 3. The van der Waals surface area contributed by atoms with Crippen molar-refractivity contribution in [3.63, 3.8) is 0 Å². The Morgan fingerprint density at radius 2 is 1.93 bits per heavy atom. The maximum absolute atomic E-state index is 13.1. The van der Waals surface area contributed by atoms with Crippen molar-refractivity contribution in [2.45, 2.75) is 19.9 Å². The highest BCUT2D eigenvalue weighted by atomic mass is 16.5. The van der Waals surface area contributed by atoms with Gasteiger partial charge in [-0.3, -0.25) is 4.79 Å². The van der Waals surface area contributed by atoms with E-state index in [2.05, 4.69) is 20.9 Å². The molecule has 0 radical (unpaired) electrons. The molecule has 0 unspecified atom stereocenters. The third kappa shape index (κ3) is 4.89. The molecule has 28 heavy (non-hydrogen) atoms. The van der Waals surface area contributed by atoms with E-state index in [4.69, 9.17) is 4.74 Å². The van der Waals surface area contributed by atoms with Crippen LogP contribution in [0.5, 0.6) is 5.75 Å². The van der Waals surface area contributed by atoms with E-state index >= 15 is 0 Å². The van der Waals surface area contributed by atoms with Gasteiger partial charge in [-0.25, -0.2) is 4.98 Å². The summed E-state index contributed by atoms with van der Waals surface area (Å²) in [5.41, 5.74) is 4.01. The number of aromatic amines is 1. The van der Waals surface area contributed by atoms with Crippen molar-refractivity contribution in [2.75, 3.05) is 34.3 Å². The smallest absolute Gasteiger partial charge is 0.230 e. The lowest BCUT2D eigenvalue weighted by molar-refractivity contribution is -0.131. The molecule has 1 amide bonds. The molecule has 148 valence electrons. The summed E-state index contributed by atoms with van der Waals surface area (Å²) in [7, 11) is 5.67. The topological polar surface area (TPSA) is 61.5 Å². The van der Waals surface area contributed by atoms with E-state index in [1.54, 1.807) is 7.11 Å². The van der Waals surface area contributed by atoms with Gasteiger partial charge in [-0.05, 0) is 44.8 Å². The van der Waals surface area contributed by atoms with Gasteiger partial charge in [0.15, 0.2) is 0 Å². The summed E-state index contributed by atoms with van der Waals surface area (Å²) in [4.78, 5) is 24.9. The van der Waals surface area contributed by atoms with E-state index in [0.29, 0.717) is 18.9 Å². The Bertz CT molecular complexity index is 949. The van der Waals surface area contributed by atoms with Gasteiger partial charge < -0.3 is 19.5 Å². The zero-order valence-corrected chi connectivity index (χ0v) is 17.0. The van der Waals surface area contributed by atoms with Crippen LogP contribution < -0.4 is 4.74 Å². The molecule has 3 rings (SSSR count). The van der Waals surface area contributed by atoms with Crippen LogP contribution in [0.4, 0.5) is 0 Å². The van der Waals surface area contributed by atoms with Crippen LogP contribution in [-0.4, -0.2) is 60.0 Å². The molecular formula is C22H28N4O2. The molecule has 2 aromatic carbocycles. The number of methoxy groups -OCH3 is 1. The fourth-order valence-corrected chi connectivity index (χ4v) is 3.17. The Morgan fingerprint density at radius 1 is 1.14 bits per heavy atom. The van der Waals surface area contributed by atoms with Crippen LogP contribution in [0, 0.1) is 6.92 Å². The lowest BCUT2D eigenvalue weighted by atomic mass is 10.1. The highest BCUT2D eigenvalue weighted by Gasteiger charge is 2.18. The molecule has 6 heteroatoms. The van der Waals surface area contributed by atoms with Crippen molar-refractivity contribution in [2.24, 2.45) is 0 Å². The number of aryl methyl sites for hydroxylation is 1. The fraction of sp³-hybridized carbons (Fsp3) is 0.364. The fourth-order valence-electron chi connectivity index (χ4n) is 3.17. The van der Waals surface area contributed by atoms with Crippen LogP contribution in [0.3, 0.4) is 0 Å². The summed E-state index contributed by atoms with van der Waals surface area (Å²) in [6.07, 6.45) is 0.246. The average Bonchev–Trinajstić information content (AvgIpc) is 3.06. The highest BCUT2D eigenvalue weighted by molar-refractivity contribution is 5.81. The Labute approximate surface area is 166 Å². The summed E-state index contributed by atoms with van der Waals surface area (Å²) in [5, 5.41) is 0. The number of carbonyl (C=O) groups is 1. The second kappa shape index (κ2) is 8.89. The molecule has 3 aromatic rings. The third-order valence-electron chi connectivity index (χ3n) is 4.73. The number of hydrogen-bond acceptors (Lipinski definition) is 4. The summed E-state index contributed by atoms with van der Waals surface area (Å²) < 4.78 is 5.45. The molecule has 0 aliphatic rings. The molecule has 1 heterocycles. The first-order chi connectivity index (χ1) is 13.5.